The summed E-state index contributed by atoms with van der Waals surface area (Å²) >= 11 is 6.43. The van der Waals surface area contributed by atoms with Crippen molar-refractivity contribution in [1.29, 1.82) is 0 Å². The lowest BCUT2D eigenvalue weighted by atomic mass is 10.1. The highest BCUT2D eigenvalue weighted by atomic mass is 35.5. The van der Waals surface area contributed by atoms with Crippen LogP contribution < -0.4 is 9.47 Å². The molecule has 168 valence electrons. The Hall–Kier alpha value is -3.49. The average molecular weight is 482 g/mol. The molecule has 0 spiro atoms. The summed E-state index contributed by atoms with van der Waals surface area (Å²) in [5.41, 5.74) is 3.09. The molecular weight excluding hydrogens is 462 g/mol. The predicted molar refractivity (Wildman–Crippen MR) is 129 cm³/mol. The molecule has 0 saturated carbocycles. The maximum absolute atomic E-state index is 13.8. The number of aromatic amines is 1. The number of fused-ring (bicyclic) bond motifs is 2. The summed E-state index contributed by atoms with van der Waals surface area (Å²) < 4.78 is 39.8. The van der Waals surface area contributed by atoms with Gasteiger partial charge in [-0.25, -0.2) is 17.4 Å². The molecule has 0 aliphatic rings. The molecule has 0 radical (unpaired) electrons. The summed E-state index contributed by atoms with van der Waals surface area (Å²) in [6, 6.07) is 13.7. The Morgan fingerprint density at radius 2 is 1.67 bits per heavy atom. The lowest BCUT2D eigenvalue weighted by Crippen LogP contribution is -2.14. The maximum atomic E-state index is 13.8. The monoisotopic (exact) mass is 481 g/mol. The molecule has 0 amide bonds. The van der Waals surface area contributed by atoms with Crippen molar-refractivity contribution in [1.82, 2.24) is 13.9 Å². The first kappa shape index (κ1) is 21.4. The van der Waals surface area contributed by atoms with Crippen LogP contribution in [0, 0.1) is 6.92 Å². The molecule has 5 aromatic rings. The summed E-state index contributed by atoms with van der Waals surface area (Å²) in [5.74, 6) is 1.10. The minimum absolute atomic E-state index is 0.160. The second-order valence-corrected chi connectivity index (χ2v) is 9.79. The highest BCUT2D eigenvalue weighted by molar-refractivity contribution is 7.90. The molecule has 0 aliphatic heterocycles. The number of hydrogen-bond acceptors (Lipinski definition) is 5. The Labute approximate surface area is 195 Å². The average Bonchev–Trinajstić information content (AvgIpc) is 3.40. The third-order valence-electron chi connectivity index (χ3n) is 5.63. The molecule has 3 heterocycles. The van der Waals surface area contributed by atoms with Gasteiger partial charge in [0.15, 0.2) is 17.1 Å². The maximum Gasteiger partial charge on any atom is 0.269 e. The van der Waals surface area contributed by atoms with Crippen molar-refractivity contribution in [2.45, 2.75) is 11.8 Å². The molecule has 0 aliphatic carbocycles. The van der Waals surface area contributed by atoms with Gasteiger partial charge in [-0.15, -0.1) is 0 Å². The number of rotatable bonds is 5. The van der Waals surface area contributed by atoms with Crippen LogP contribution in [0.3, 0.4) is 0 Å². The number of ether oxygens (including phenoxy) is 2. The van der Waals surface area contributed by atoms with E-state index in [1.165, 1.54) is 10.2 Å². The lowest BCUT2D eigenvalue weighted by Gasteiger charge is -2.12. The molecule has 5 rings (SSSR count). The molecule has 0 fully saturated rings. The minimum Gasteiger partial charge on any atom is -0.493 e. The molecule has 7 nitrogen and oxygen atoms in total. The van der Waals surface area contributed by atoms with E-state index >= 15 is 0 Å². The molecule has 0 bridgehead atoms. The van der Waals surface area contributed by atoms with E-state index in [0.717, 1.165) is 16.5 Å². The van der Waals surface area contributed by atoms with Crippen molar-refractivity contribution >= 4 is 43.6 Å². The Morgan fingerprint density at radius 3 is 2.36 bits per heavy atom. The summed E-state index contributed by atoms with van der Waals surface area (Å²) in [6.07, 6.45) is 3.26. The smallest absolute Gasteiger partial charge is 0.269 e. The third kappa shape index (κ3) is 3.34. The van der Waals surface area contributed by atoms with E-state index in [2.05, 4.69) is 9.97 Å². The van der Waals surface area contributed by atoms with E-state index in [-0.39, 0.29) is 10.5 Å². The van der Waals surface area contributed by atoms with Crippen molar-refractivity contribution < 1.29 is 17.9 Å². The molecule has 3 aromatic heterocycles. The number of pyridine rings is 1. The lowest BCUT2D eigenvalue weighted by molar-refractivity contribution is 0.356. The quantitative estimate of drug-likeness (QED) is 0.363. The number of methoxy groups -OCH3 is 2. The second-order valence-electron chi connectivity index (χ2n) is 7.60. The van der Waals surface area contributed by atoms with Crippen molar-refractivity contribution in [2.24, 2.45) is 0 Å². The predicted octanol–water partition coefficient (Wildman–Crippen LogP) is 5.40. The fourth-order valence-corrected chi connectivity index (χ4v) is 5.62. The van der Waals surface area contributed by atoms with Gasteiger partial charge in [0, 0.05) is 34.8 Å². The first-order chi connectivity index (χ1) is 15.8. The van der Waals surface area contributed by atoms with E-state index in [1.54, 1.807) is 56.8 Å². The van der Waals surface area contributed by atoms with Crippen LogP contribution in [-0.4, -0.2) is 36.6 Å². The van der Waals surface area contributed by atoms with Crippen molar-refractivity contribution in [3.63, 3.8) is 0 Å². The van der Waals surface area contributed by atoms with Crippen LogP contribution in [0.5, 0.6) is 11.5 Å². The van der Waals surface area contributed by atoms with Crippen LogP contribution in [-0.2, 0) is 10.0 Å². The number of hydrogen-bond donors (Lipinski definition) is 1. The van der Waals surface area contributed by atoms with Gasteiger partial charge in [-0.2, -0.15) is 0 Å². The normalized spacial score (nSPS) is 11.9. The number of nitrogens with zero attached hydrogens (tertiary/aromatic N) is 2. The van der Waals surface area contributed by atoms with Gasteiger partial charge in [-0.05, 0) is 37.3 Å². The molecule has 9 heteroatoms. The van der Waals surface area contributed by atoms with Crippen molar-refractivity contribution in [2.75, 3.05) is 14.2 Å². The topological polar surface area (TPSA) is 86.2 Å². The van der Waals surface area contributed by atoms with Crippen molar-refractivity contribution in [3.8, 4) is 22.8 Å². The van der Waals surface area contributed by atoms with E-state index in [9.17, 15) is 8.42 Å². The third-order valence-corrected chi connectivity index (χ3v) is 7.68. The van der Waals surface area contributed by atoms with E-state index in [1.807, 2.05) is 19.1 Å². The number of H-pyrrole nitrogens is 1. The van der Waals surface area contributed by atoms with Crippen molar-refractivity contribution in [3.05, 3.63) is 71.5 Å². The second kappa shape index (κ2) is 7.83. The molecule has 0 unspecified atom stereocenters. The number of halogens is 1. The van der Waals surface area contributed by atoms with E-state index in [0.29, 0.717) is 33.2 Å². The summed E-state index contributed by atoms with van der Waals surface area (Å²) in [5, 5.41) is 1.73. The van der Waals surface area contributed by atoms with Crippen LogP contribution in [0.4, 0.5) is 0 Å². The van der Waals surface area contributed by atoms with E-state index < -0.39 is 10.0 Å². The van der Waals surface area contributed by atoms with E-state index in [4.69, 9.17) is 21.1 Å². The molecule has 0 saturated heterocycles. The Bertz CT molecular complexity index is 1620. The first-order valence-corrected chi connectivity index (χ1v) is 11.9. The fourth-order valence-electron chi connectivity index (χ4n) is 3.95. The fraction of sp³-hybridized carbons (Fsp3) is 0.125. The molecule has 0 atom stereocenters. The first-order valence-electron chi connectivity index (χ1n) is 10.1. The molecule has 2 aromatic carbocycles. The Kier molecular flexibility index (Phi) is 5.07. The van der Waals surface area contributed by atoms with Gasteiger partial charge < -0.3 is 14.5 Å². The van der Waals surface area contributed by atoms with Gasteiger partial charge in [-0.1, -0.05) is 29.3 Å². The minimum atomic E-state index is -3.98. The summed E-state index contributed by atoms with van der Waals surface area (Å²) in [7, 11) is -0.867. The summed E-state index contributed by atoms with van der Waals surface area (Å²) in [6.45, 7) is 1.90. The van der Waals surface area contributed by atoms with Gasteiger partial charge in [0.25, 0.3) is 10.0 Å². The van der Waals surface area contributed by atoms with Gasteiger partial charge in [0.1, 0.15) is 0 Å². The van der Waals surface area contributed by atoms with Gasteiger partial charge in [0.2, 0.25) is 0 Å². The molecule has 33 heavy (non-hydrogen) atoms. The van der Waals surface area contributed by atoms with Crippen LogP contribution in [0.1, 0.15) is 5.56 Å². The number of benzene rings is 2. The zero-order valence-corrected chi connectivity index (χ0v) is 19.7. The summed E-state index contributed by atoms with van der Waals surface area (Å²) in [4.78, 5) is 7.73. The highest BCUT2D eigenvalue weighted by Crippen LogP contribution is 2.40. The Morgan fingerprint density at radius 1 is 0.970 bits per heavy atom. The van der Waals surface area contributed by atoms with Gasteiger partial charge in [0.05, 0.1) is 35.3 Å². The molecule has 1 N–H and O–H groups in total. The van der Waals surface area contributed by atoms with Crippen LogP contribution >= 0.6 is 11.6 Å². The van der Waals surface area contributed by atoms with Crippen LogP contribution in [0.25, 0.3) is 33.2 Å². The number of nitrogens with one attached hydrogen (secondary N) is 1. The zero-order valence-electron chi connectivity index (χ0n) is 18.1. The van der Waals surface area contributed by atoms with Crippen LogP contribution in [0.2, 0.25) is 5.02 Å². The highest BCUT2D eigenvalue weighted by Gasteiger charge is 2.27. The Balaban J connectivity index is 1.85. The van der Waals surface area contributed by atoms with Crippen LogP contribution in [0.15, 0.2) is 65.8 Å². The standard InChI is InChI=1S/C24H20ClN3O4S/c1-14-4-6-15(7-5-14)33(29,30)28-21(10-17-19(25)8-9-26-24(17)28)18-13-27-20-12-23(32-3)22(31-2)11-16(18)20/h4-13,27H,1-3H3. The largest absolute Gasteiger partial charge is 0.493 e. The van der Waals surface area contributed by atoms with Gasteiger partial charge in [-0.3, -0.25) is 0 Å². The number of aromatic nitrogens is 3. The molecular formula is C24H20ClN3O4S. The number of aryl methyl sites for hydroxylation is 1. The zero-order chi connectivity index (χ0) is 23.3. The SMILES string of the molecule is COc1cc2[nH]cc(-c3cc4c(Cl)ccnc4n3S(=O)(=O)c3ccc(C)cc3)c2cc1OC. The van der Waals surface area contributed by atoms with Gasteiger partial charge >= 0.3 is 0 Å².